The summed E-state index contributed by atoms with van der Waals surface area (Å²) in [5.41, 5.74) is -0.547. The van der Waals surface area contributed by atoms with Crippen molar-refractivity contribution in [3.8, 4) is 5.75 Å². The van der Waals surface area contributed by atoms with Gasteiger partial charge in [-0.05, 0) is 37.7 Å². The molecule has 0 radical (unpaired) electrons. The molecule has 0 N–H and O–H groups in total. The minimum Gasteiger partial charge on any atom is -0.497 e. The van der Waals surface area contributed by atoms with E-state index in [9.17, 15) is 14.4 Å². The smallest absolute Gasteiger partial charge is 0.240 e. The van der Waals surface area contributed by atoms with Crippen LogP contribution in [0.4, 0.5) is 0 Å². The summed E-state index contributed by atoms with van der Waals surface area (Å²) in [5, 5.41) is 0. The summed E-state index contributed by atoms with van der Waals surface area (Å²) in [6.07, 6.45) is -0.0416. The van der Waals surface area contributed by atoms with Crippen LogP contribution >= 0.6 is 0 Å². The van der Waals surface area contributed by atoms with E-state index in [4.69, 9.17) is 4.74 Å². The van der Waals surface area contributed by atoms with Gasteiger partial charge < -0.3 is 14.5 Å². The molecule has 1 fully saturated rings. The van der Waals surface area contributed by atoms with Crippen LogP contribution < -0.4 is 4.74 Å². The average Bonchev–Trinajstić information content (AvgIpc) is 2.89. The summed E-state index contributed by atoms with van der Waals surface area (Å²) >= 11 is 0. The number of nitrogens with zero attached hydrogens (tertiary/aromatic N) is 3. The Labute approximate surface area is 173 Å². The molecule has 1 aromatic rings. The van der Waals surface area contributed by atoms with Crippen molar-refractivity contribution >= 4 is 17.7 Å². The van der Waals surface area contributed by atoms with Gasteiger partial charge in [0.25, 0.3) is 0 Å². The molecule has 1 saturated heterocycles. The Morgan fingerprint density at radius 2 is 1.93 bits per heavy atom. The molecule has 0 unspecified atom stereocenters. The van der Waals surface area contributed by atoms with Crippen molar-refractivity contribution < 1.29 is 19.1 Å². The van der Waals surface area contributed by atoms with E-state index in [2.05, 4.69) is 0 Å². The number of ether oxygens (including phenoxy) is 1. The first-order valence-electron chi connectivity index (χ1n) is 9.98. The first-order valence-corrected chi connectivity index (χ1v) is 9.98. The molecule has 1 aromatic carbocycles. The maximum atomic E-state index is 13.5. The van der Waals surface area contributed by atoms with E-state index in [0.29, 0.717) is 36.9 Å². The van der Waals surface area contributed by atoms with Gasteiger partial charge in [0.15, 0.2) is 0 Å². The van der Waals surface area contributed by atoms with Crippen LogP contribution in [0.15, 0.2) is 24.3 Å². The van der Waals surface area contributed by atoms with E-state index < -0.39 is 5.41 Å². The molecule has 29 heavy (non-hydrogen) atoms. The number of amides is 3. The summed E-state index contributed by atoms with van der Waals surface area (Å²) in [4.78, 5) is 44.2. The summed E-state index contributed by atoms with van der Waals surface area (Å²) < 4.78 is 5.32. The van der Waals surface area contributed by atoms with Gasteiger partial charge in [-0.1, -0.05) is 26.0 Å². The van der Waals surface area contributed by atoms with Gasteiger partial charge in [-0.3, -0.25) is 19.3 Å². The summed E-state index contributed by atoms with van der Waals surface area (Å²) in [6.45, 7) is 5.56. The third kappa shape index (κ3) is 5.15. The number of methoxy groups -OCH3 is 1. The Hall–Kier alpha value is -2.41. The lowest BCUT2D eigenvalue weighted by molar-refractivity contribution is -0.142. The molecule has 7 nitrogen and oxygen atoms in total. The van der Waals surface area contributed by atoms with Gasteiger partial charge in [-0.2, -0.15) is 0 Å². The first kappa shape index (κ1) is 22.9. The van der Waals surface area contributed by atoms with Gasteiger partial charge in [0, 0.05) is 39.5 Å². The third-order valence-electron chi connectivity index (χ3n) is 5.32. The molecule has 0 saturated carbocycles. The minimum atomic E-state index is -1.19. The highest BCUT2D eigenvalue weighted by molar-refractivity contribution is 6.10. The van der Waals surface area contributed by atoms with Gasteiger partial charge in [0.2, 0.25) is 17.7 Å². The highest BCUT2D eigenvalue weighted by Gasteiger charge is 2.54. The van der Waals surface area contributed by atoms with E-state index in [1.807, 2.05) is 32.8 Å². The van der Waals surface area contributed by atoms with E-state index in [0.717, 1.165) is 0 Å². The topological polar surface area (TPSA) is 70.2 Å². The molecule has 1 aliphatic rings. The number of imide groups is 1. The summed E-state index contributed by atoms with van der Waals surface area (Å²) in [7, 11) is 7.08. The van der Waals surface area contributed by atoms with E-state index in [1.165, 1.54) is 4.90 Å². The van der Waals surface area contributed by atoms with Crippen LogP contribution in [0.3, 0.4) is 0 Å². The SMILES string of the molecule is COc1cccc([C@@]2(CC(=O)N(C)CC(C)C)CC(=O)N(CCN(C)C)C2=O)c1. The third-order valence-corrected chi connectivity index (χ3v) is 5.32. The number of likely N-dealkylation sites (tertiary alicyclic amines) is 1. The molecule has 0 aromatic heterocycles. The standard InChI is InChI=1S/C22H33N3O4/c1-16(2)15-24(5)19(26)13-22(17-8-7-9-18(12-17)29-6)14-20(27)25(21(22)28)11-10-23(3)4/h7-9,12,16H,10-11,13-15H2,1-6H3/t22-/m1/s1. The van der Waals surface area contributed by atoms with Gasteiger partial charge in [0.1, 0.15) is 5.75 Å². The highest BCUT2D eigenvalue weighted by atomic mass is 16.5. The fraction of sp³-hybridized carbons (Fsp3) is 0.591. The maximum absolute atomic E-state index is 13.5. The number of rotatable bonds is 9. The van der Waals surface area contributed by atoms with Crippen LogP contribution in [-0.2, 0) is 19.8 Å². The lowest BCUT2D eigenvalue weighted by Crippen LogP contribution is -2.44. The fourth-order valence-electron chi connectivity index (χ4n) is 3.76. The van der Waals surface area contributed by atoms with Crippen LogP contribution in [0.2, 0.25) is 0 Å². The zero-order chi connectivity index (χ0) is 21.8. The average molecular weight is 404 g/mol. The van der Waals surface area contributed by atoms with Crippen molar-refractivity contribution in [2.24, 2.45) is 5.92 Å². The molecular formula is C22H33N3O4. The van der Waals surface area contributed by atoms with Crippen LogP contribution in [-0.4, -0.2) is 80.3 Å². The van der Waals surface area contributed by atoms with Crippen LogP contribution in [0, 0.1) is 5.92 Å². The van der Waals surface area contributed by atoms with Crippen molar-refractivity contribution in [3.63, 3.8) is 0 Å². The van der Waals surface area contributed by atoms with Gasteiger partial charge in [-0.25, -0.2) is 0 Å². The number of carbonyl (C=O) groups excluding carboxylic acids is 3. The lowest BCUT2D eigenvalue weighted by Gasteiger charge is -2.30. The lowest BCUT2D eigenvalue weighted by atomic mass is 9.75. The molecule has 160 valence electrons. The van der Waals surface area contributed by atoms with Crippen molar-refractivity contribution in [2.75, 3.05) is 47.9 Å². The quantitative estimate of drug-likeness (QED) is 0.588. The van der Waals surface area contributed by atoms with E-state index >= 15 is 0 Å². The van der Waals surface area contributed by atoms with Crippen LogP contribution in [0.5, 0.6) is 5.75 Å². The Bertz CT molecular complexity index is 762. The zero-order valence-electron chi connectivity index (χ0n) is 18.4. The van der Waals surface area contributed by atoms with Crippen molar-refractivity contribution in [1.29, 1.82) is 0 Å². The number of hydrogen-bond acceptors (Lipinski definition) is 5. The minimum absolute atomic E-state index is 0.00626. The van der Waals surface area contributed by atoms with Crippen LogP contribution in [0.25, 0.3) is 0 Å². The van der Waals surface area contributed by atoms with Crippen molar-refractivity contribution in [2.45, 2.75) is 32.1 Å². The molecule has 7 heteroatoms. The number of benzene rings is 1. The molecular weight excluding hydrogens is 370 g/mol. The van der Waals surface area contributed by atoms with Crippen molar-refractivity contribution in [3.05, 3.63) is 29.8 Å². The normalized spacial score (nSPS) is 19.4. The molecule has 1 atom stereocenters. The summed E-state index contributed by atoms with van der Waals surface area (Å²) in [5.74, 6) is 0.228. The molecule has 2 rings (SSSR count). The fourth-order valence-corrected chi connectivity index (χ4v) is 3.76. The number of carbonyl (C=O) groups is 3. The van der Waals surface area contributed by atoms with Crippen molar-refractivity contribution in [1.82, 2.24) is 14.7 Å². The van der Waals surface area contributed by atoms with Gasteiger partial charge in [0.05, 0.1) is 12.5 Å². The summed E-state index contributed by atoms with van der Waals surface area (Å²) in [6, 6.07) is 7.14. The Balaban J connectivity index is 2.42. The Kier molecular flexibility index (Phi) is 7.41. The predicted molar refractivity (Wildman–Crippen MR) is 112 cm³/mol. The Morgan fingerprint density at radius 1 is 1.24 bits per heavy atom. The second kappa shape index (κ2) is 9.39. The largest absolute Gasteiger partial charge is 0.497 e. The first-order chi connectivity index (χ1) is 13.6. The van der Waals surface area contributed by atoms with E-state index in [-0.39, 0.29) is 30.6 Å². The monoisotopic (exact) mass is 403 g/mol. The number of likely N-dealkylation sites (N-methyl/N-ethyl adjacent to an activating group) is 1. The zero-order valence-corrected chi connectivity index (χ0v) is 18.4. The predicted octanol–water partition coefficient (Wildman–Crippen LogP) is 1.76. The Morgan fingerprint density at radius 3 is 2.52 bits per heavy atom. The molecule has 1 heterocycles. The highest BCUT2D eigenvalue weighted by Crippen LogP contribution is 2.41. The van der Waals surface area contributed by atoms with E-state index in [1.54, 1.807) is 43.3 Å². The number of hydrogen-bond donors (Lipinski definition) is 0. The molecule has 3 amide bonds. The van der Waals surface area contributed by atoms with Crippen LogP contribution in [0.1, 0.15) is 32.3 Å². The molecule has 1 aliphatic heterocycles. The molecule has 0 spiro atoms. The second-order valence-electron chi connectivity index (χ2n) is 8.49. The van der Waals surface area contributed by atoms with Gasteiger partial charge >= 0.3 is 0 Å². The second-order valence-corrected chi connectivity index (χ2v) is 8.49. The van der Waals surface area contributed by atoms with Gasteiger partial charge in [-0.15, -0.1) is 0 Å². The maximum Gasteiger partial charge on any atom is 0.240 e. The molecule has 0 aliphatic carbocycles. The molecule has 0 bridgehead atoms.